The van der Waals surface area contributed by atoms with Gasteiger partial charge >= 0.3 is 0 Å². The third-order valence-electron chi connectivity index (χ3n) is 3.47. The Morgan fingerprint density at radius 3 is 2.57 bits per heavy atom. The number of halogens is 1. The van der Waals surface area contributed by atoms with Crippen LogP contribution in [-0.2, 0) is 6.42 Å². The summed E-state index contributed by atoms with van der Waals surface area (Å²) in [6.07, 6.45) is 4.73. The number of hydrogen-bond donors (Lipinski definition) is 1. The van der Waals surface area contributed by atoms with E-state index in [1.165, 1.54) is 5.56 Å². The van der Waals surface area contributed by atoms with Crippen molar-refractivity contribution in [2.24, 2.45) is 11.7 Å². The van der Waals surface area contributed by atoms with E-state index in [1.54, 1.807) is 0 Å². The fraction of sp³-hybridized carbons (Fsp3) is 0.471. The maximum absolute atomic E-state index is 12.0. The SMILES string of the molecule is C=CC(CCC(N)C(C)=S)Cc1ccc(OCCF)cc1. The Morgan fingerprint density at radius 2 is 2.05 bits per heavy atom. The second-order valence-electron chi connectivity index (χ2n) is 5.18. The molecule has 0 fully saturated rings. The normalized spacial score (nSPS) is 13.5. The molecule has 4 heteroatoms. The number of rotatable bonds is 10. The van der Waals surface area contributed by atoms with Crippen LogP contribution in [0.25, 0.3) is 0 Å². The summed E-state index contributed by atoms with van der Waals surface area (Å²) in [7, 11) is 0. The van der Waals surface area contributed by atoms with Gasteiger partial charge in [-0.25, -0.2) is 4.39 Å². The molecule has 2 N–H and O–H groups in total. The molecule has 0 spiro atoms. The summed E-state index contributed by atoms with van der Waals surface area (Å²) in [6, 6.07) is 7.75. The van der Waals surface area contributed by atoms with E-state index in [-0.39, 0.29) is 12.6 Å². The van der Waals surface area contributed by atoms with E-state index in [9.17, 15) is 4.39 Å². The van der Waals surface area contributed by atoms with Crippen LogP contribution in [0.4, 0.5) is 4.39 Å². The van der Waals surface area contributed by atoms with Crippen molar-refractivity contribution >= 4 is 17.1 Å². The van der Waals surface area contributed by atoms with Gasteiger partial charge in [-0.15, -0.1) is 6.58 Å². The zero-order valence-electron chi connectivity index (χ0n) is 12.6. The predicted molar refractivity (Wildman–Crippen MR) is 90.8 cm³/mol. The van der Waals surface area contributed by atoms with Crippen LogP contribution in [0.3, 0.4) is 0 Å². The number of ether oxygens (including phenoxy) is 1. The van der Waals surface area contributed by atoms with E-state index in [0.717, 1.165) is 24.1 Å². The molecule has 21 heavy (non-hydrogen) atoms. The second kappa shape index (κ2) is 9.64. The molecule has 1 rings (SSSR count). The van der Waals surface area contributed by atoms with Crippen LogP contribution in [0.15, 0.2) is 36.9 Å². The van der Waals surface area contributed by atoms with E-state index in [4.69, 9.17) is 22.7 Å². The zero-order chi connectivity index (χ0) is 15.7. The number of hydrogen-bond acceptors (Lipinski definition) is 3. The molecule has 0 heterocycles. The topological polar surface area (TPSA) is 35.2 Å². The lowest BCUT2D eigenvalue weighted by Crippen LogP contribution is -2.27. The number of nitrogens with two attached hydrogens (primary N) is 1. The van der Waals surface area contributed by atoms with Gasteiger partial charge in [0, 0.05) is 10.9 Å². The summed E-state index contributed by atoms with van der Waals surface area (Å²) in [5.41, 5.74) is 7.17. The number of alkyl halides is 1. The summed E-state index contributed by atoms with van der Waals surface area (Å²) in [5.74, 6) is 1.08. The standard InChI is InChI=1S/C17H24FNOS/c1-3-14(6-9-17(19)13(2)21)12-15-4-7-16(8-5-15)20-11-10-18/h3-5,7-8,14,17H,1,6,9-12,19H2,2H3. The van der Waals surface area contributed by atoms with Gasteiger partial charge in [0.1, 0.15) is 19.0 Å². The van der Waals surface area contributed by atoms with Crippen molar-refractivity contribution in [2.45, 2.75) is 32.2 Å². The first-order valence-corrected chi connectivity index (χ1v) is 7.64. The van der Waals surface area contributed by atoms with Gasteiger partial charge in [-0.2, -0.15) is 0 Å². The Balaban J connectivity index is 2.49. The molecule has 2 atom stereocenters. The van der Waals surface area contributed by atoms with Crippen LogP contribution in [-0.4, -0.2) is 24.2 Å². The molecule has 2 unspecified atom stereocenters. The van der Waals surface area contributed by atoms with Crippen molar-refractivity contribution in [3.8, 4) is 5.75 Å². The van der Waals surface area contributed by atoms with Crippen molar-refractivity contribution in [1.82, 2.24) is 0 Å². The molecule has 0 aromatic heterocycles. The van der Waals surface area contributed by atoms with Gasteiger partial charge < -0.3 is 10.5 Å². The van der Waals surface area contributed by atoms with E-state index >= 15 is 0 Å². The van der Waals surface area contributed by atoms with E-state index < -0.39 is 6.67 Å². The van der Waals surface area contributed by atoms with Crippen molar-refractivity contribution < 1.29 is 9.13 Å². The third-order valence-corrected chi connectivity index (χ3v) is 3.77. The van der Waals surface area contributed by atoms with Gasteiger partial charge in [0.15, 0.2) is 0 Å². The average Bonchev–Trinajstić information content (AvgIpc) is 2.50. The first-order chi connectivity index (χ1) is 10.1. The van der Waals surface area contributed by atoms with Gasteiger partial charge in [-0.1, -0.05) is 30.4 Å². The largest absolute Gasteiger partial charge is 0.491 e. The Morgan fingerprint density at radius 1 is 1.38 bits per heavy atom. The molecule has 0 saturated heterocycles. The lowest BCUT2D eigenvalue weighted by Gasteiger charge is -2.16. The zero-order valence-corrected chi connectivity index (χ0v) is 13.4. The minimum Gasteiger partial charge on any atom is -0.491 e. The molecule has 0 bridgehead atoms. The minimum absolute atomic E-state index is 0.0149. The highest BCUT2D eigenvalue weighted by Crippen LogP contribution is 2.19. The van der Waals surface area contributed by atoms with Gasteiger partial charge in [0.25, 0.3) is 0 Å². The van der Waals surface area contributed by atoms with Crippen molar-refractivity contribution in [3.63, 3.8) is 0 Å². The smallest absolute Gasteiger partial charge is 0.123 e. The number of benzene rings is 1. The van der Waals surface area contributed by atoms with Crippen molar-refractivity contribution in [3.05, 3.63) is 42.5 Å². The van der Waals surface area contributed by atoms with Gasteiger partial charge in [0.05, 0.1) is 0 Å². The summed E-state index contributed by atoms with van der Waals surface area (Å²) in [5, 5.41) is 0. The number of thiocarbonyl (C=S) groups is 1. The van der Waals surface area contributed by atoms with Crippen LogP contribution < -0.4 is 10.5 Å². The quantitative estimate of drug-likeness (QED) is 0.526. The maximum Gasteiger partial charge on any atom is 0.123 e. The molecule has 2 nitrogen and oxygen atoms in total. The summed E-state index contributed by atoms with van der Waals surface area (Å²) < 4.78 is 17.2. The highest BCUT2D eigenvalue weighted by atomic mass is 32.1. The second-order valence-corrected chi connectivity index (χ2v) is 5.82. The highest BCUT2D eigenvalue weighted by Gasteiger charge is 2.10. The lowest BCUT2D eigenvalue weighted by molar-refractivity contribution is 0.273. The van der Waals surface area contributed by atoms with Crippen molar-refractivity contribution in [2.75, 3.05) is 13.3 Å². The first-order valence-electron chi connectivity index (χ1n) is 7.23. The Labute approximate surface area is 132 Å². The first kappa shape index (κ1) is 17.8. The summed E-state index contributed by atoms with van der Waals surface area (Å²) in [4.78, 5) is 0.854. The monoisotopic (exact) mass is 309 g/mol. The van der Waals surface area contributed by atoms with E-state index in [0.29, 0.717) is 11.7 Å². The summed E-state index contributed by atoms with van der Waals surface area (Å²) in [6.45, 7) is 5.41. The average molecular weight is 309 g/mol. The highest BCUT2D eigenvalue weighted by molar-refractivity contribution is 7.80. The molecule has 1 aromatic rings. The minimum atomic E-state index is -0.472. The third kappa shape index (κ3) is 6.82. The molecular formula is C17H24FNOS. The van der Waals surface area contributed by atoms with Gasteiger partial charge in [-0.3, -0.25) is 0 Å². The van der Waals surface area contributed by atoms with E-state index in [2.05, 4.69) is 6.58 Å². The number of allylic oxidation sites excluding steroid dienone is 1. The molecule has 0 aliphatic heterocycles. The van der Waals surface area contributed by atoms with Crippen LogP contribution >= 0.6 is 12.2 Å². The van der Waals surface area contributed by atoms with Crippen LogP contribution in [0, 0.1) is 5.92 Å². The van der Waals surface area contributed by atoms with Crippen LogP contribution in [0.2, 0.25) is 0 Å². The molecule has 0 saturated carbocycles. The van der Waals surface area contributed by atoms with Crippen LogP contribution in [0.5, 0.6) is 5.75 Å². The molecule has 116 valence electrons. The summed E-state index contributed by atoms with van der Waals surface area (Å²) >= 11 is 5.09. The lowest BCUT2D eigenvalue weighted by atomic mass is 9.92. The van der Waals surface area contributed by atoms with Crippen LogP contribution in [0.1, 0.15) is 25.3 Å². The molecular weight excluding hydrogens is 285 g/mol. The molecule has 0 aliphatic rings. The van der Waals surface area contributed by atoms with E-state index in [1.807, 2.05) is 37.3 Å². The fourth-order valence-electron chi connectivity index (χ4n) is 2.08. The van der Waals surface area contributed by atoms with Crippen molar-refractivity contribution in [1.29, 1.82) is 0 Å². The van der Waals surface area contributed by atoms with Gasteiger partial charge in [0.2, 0.25) is 0 Å². The maximum atomic E-state index is 12.0. The molecule has 0 amide bonds. The molecule has 1 aromatic carbocycles. The molecule has 0 radical (unpaired) electrons. The molecule has 0 aliphatic carbocycles. The fourth-order valence-corrected chi connectivity index (χ4v) is 2.20. The Kier molecular flexibility index (Phi) is 8.16. The predicted octanol–water partition coefficient (Wildman–Crippen LogP) is 3.88. The Hall–Kier alpha value is -1.26. The van der Waals surface area contributed by atoms with Gasteiger partial charge in [-0.05, 0) is 49.8 Å². The Bertz CT molecular complexity index is 447.